The number of carbonyl (C=O) groups excluding carboxylic acids is 2. The van der Waals surface area contributed by atoms with Crippen molar-refractivity contribution in [3.63, 3.8) is 0 Å². The number of nitrogens with zero attached hydrogens (tertiary/aromatic N) is 3. The van der Waals surface area contributed by atoms with Crippen molar-refractivity contribution in [2.45, 2.75) is 33.2 Å². The average Bonchev–Trinajstić information content (AvgIpc) is 3.30. The maximum absolute atomic E-state index is 13.6. The zero-order valence-electron chi connectivity index (χ0n) is 18.2. The van der Waals surface area contributed by atoms with Gasteiger partial charge in [0.2, 0.25) is 5.91 Å². The molecule has 4 rings (SSSR count). The van der Waals surface area contributed by atoms with Gasteiger partial charge in [0.25, 0.3) is 12.3 Å². The van der Waals surface area contributed by atoms with Crippen LogP contribution in [0.5, 0.6) is 0 Å². The number of rotatable bonds is 7. The summed E-state index contributed by atoms with van der Waals surface area (Å²) in [5, 5.41) is 7.57. The van der Waals surface area contributed by atoms with E-state index in [-0.39, 0.29) is 27.7 Å². The van der Waals surface area contributed by atoms with Crippen molar-refractivity contribution in [2.24, 2.45) is 5.73 Å². The quantitative estimate of drug-likeness (QED) is 0.314. The van der Waals surface area contributed by atoms with Crippen LogP contribution in [0.2, 0.25) is 0 Å². The molecule has 3 heterocycles. The van der Waals surface area contributed by atoms with Crippen LogP contribution in [0.25, 0.3) is 21.3 Å². The first kappa shape index (κ1) is 24.0. The fraction of sp³-hybridized carbons (Fsp3) is 0.217. The van der Waals surface area contributed by atoms with E-state index in [0.29, 0.717) is 23.1 Å². The first-order valence-corrected chi connectivity index (χ1v) is 11.9. The minimum absolute atomic E-state index is 0.0494. The Kier molecular flexibility index (Phi) is 6.76. The largest absolute Gasteiger partial charge is 0.365 e. The number of thiophene rings is 1. The molecule has 0 atom stereocenters. The molecule has 3 aromatic heterocycles. The predicted molar refractivity (Wildman–Crippen MR) is 131 cm³/mol. The molecule has 0 unspecified atom stereocenters. The van der Waals surface area contributed by atoms with Crippen LogP contribution < -0.4 is 11.1 Å². The lowest BCUT2D eigenvalue weighted by Gasteiger charge is -2.11. The lowest BCUT2D eigenvalue weighted by molar-refractivity contribution is -0.116. The Hall–Kier alpha value is -3.18. The molecular formula is C23H20BrF2N5O2S. The van der Waals surface area contributed by atoms with Gasteiger partial charge < -0.3 is 11.1 Å². The number of aromatic nitrogens is 3. The summed E-state index contributed by atoms with van der Waals surface area (Å²) >= 11 is 4.34. The van der Waals surface area contributed by atoms with Crippen molar-refractivity contribution >= 4 is 55.0 Å². The molecule has 0 bridgehead atoms. The molecule has 0 radical (unpaired) electrons. The van der Waals surface area contributed by atoms with Crippen LogP contribution in [-0.4, -0.2) is 26.6 Å². The maximum Gasteiger partial charge on any atom is 0.280 e. The monoisotopic (exact) mass is 547 g/mol. The van der Waals surface area contributed by atoms with E-state index >= 15 is 0 Å². The van der Waals surface area contributed by atoms with Crippen LogP contribution >= 0.6 is 27.3 Å². The van der Waals surface area contributed by atoms with E-state index in [1.807, 2.05) is 13.8 Å². The Bertz CT molecular complexity index is 1400. The van der Waals surface area contributed by atoms with E-state index in [1.54, 1.807) is 35.0 Å². The highest BCUT2D eigenvalue weighted by atomic mass is 79.9. The van der Waals surface area contributed by atoms with E-state index in [9.17, 15) is 18.4 Å². The van der Waals surface area contributed by atoms with E-state index < -0.39 is 18.0 Å². The number of fused-ring (bicyclic) bond motifs is 1. The third-order valence-electron chi connectivity index (χ3n) is 5.32. The molecule has 0 aliphatic rings. The van der Waals surface area contributed by atoms with E-state index in [2.05, 4.69) is 31.3 Å². The van der Waals surface area contributed by atoms with Crippen molar-refractivity contribution in [1.82, 2.24) is 14.8 Å². The zero-order valence-corrected chi connectivity index (χ0v) is 20.6. The molecule has 0 saturated heterocycles. The Morgan fingerprint density at radius 3 is 2.53 bits per heavy atom. The van der Waals surface area contributed by atoms with Gasteiger partial charge in [-0.3, -0.25) is 14.3 Å². The second kappa shape index (κ2) is 9.59. The smallest absolute Gasteiger partial charge is 0.280 e. The van der Waals surface area contributed by atoms with Gasteiger partial charge in [-0.15, -0.1) is 11.3 Å². The molecule has 34 heavy (non-hydrogen) atoms. The second-order valence-electron chi connectivity index (χ2n) is 7.62. The zero-order chi connectivity index (χ0) is 24.6. The van der Waals surface area contributed by atoms with Gasteiger partial charge in [-0.1, -0.05) is 30.3 Å². The Morgan fingerprint density at radius 2 is 1.94 bits per heavy atom. The standard InChI is InChI=1S/C23H20BrF2N5O2S/c1-11-18(24)12(2)31(30-11)9-8-16(32)29-19-17-14(13-6-4-3-5-7-13)10-15(21(25)26)28-23(17)34-20(19)22(27)33/h3-7,10,21H,8-9H2,1-2H3,(H2,27,33)(H,29,32). The van der Waals surface area contributed by atoms with E-state index in [4.69, 9.17) is 5.73 Å². The van der Waals surface area contributed by atoms with Gasteiger partial charge in [0, 0.05) is 17.5 Å². The van der Waals surface area contributed by atoms with Crippen LogP contribution in [0.15, 0.2) is 40.9 Å². The van der Waals surface area contributed by atoms with Gasteiger partial charge in [-0.2, -0.15) is 5.10 Å². The summed E-state index contributed by atoms with van der Waals surface area (Å²) in [6, 6.07) is 10.2. The number of alkyl halides is 2. The number of carbonyl (C=O) groups is 2. The number of benzene rings is 1. The molecule has 11 heteroatoms. The number of anilines is 1. The SMILES string of the molecule is Cc1nn(CCC(=O)Nc2c(C(N)=O)sc3nc(C(F)F)cc(-c4ccccc4)c23)c(C)c1Br. The first-order chi connectivity index (χ1) is 16.2. The number of hydrogen-bond donors (Lipinski definition) is 2. The Labute approximate surface area is 206 Å². The topological polar surface area (TPSA) is 103 Å². The van der Waals surface area contributed by atoms with Crippen molar-refractivity contribution in [2.75, 3.05) is 5.32 Å². The molecule has 3 N–H and O–H groups in total. The molecule has 176 valence electrons. The summed E-state index contributed by atoms with van der Waals surface area (Å²) < 4.78 is 29.7. The molecule has 0 spiro atoms. The highest BCUT2D eigenvalue weighted by Gasteiger charge is 2.25. The van der Waals surface area contributed by atoms with E-state index in [1.165, 1.54) is 6.07 Å². The number of primary amides is 1. The highest BCUT2D eigenvalue weighted by Crippen LogP contribution is 2.42. The number of aryl methyl sites for hydroxylation is 2. The second-order valence-corrected chi connectivity index (χ2v) is 9.41. The molecule has 7 nitrogen and oxygen atoms in total. The third kappa shape index (κ3) is 4.58. The maximum atomic E-state index is 13.6. The highest BCUT2D eigenvalue weighted by molar-refractivity contribution is 9.10. The fourth-order valence-electron chi connectivity index (χ4n) is 3.67. The van der Waals surface area contributed by atoms with Crippen LogP contribution in [0.3, 0.4) is 0 Å². The first-order valence-electron chi connectivity index (χ1n) is 10.3. The summed E-state index contributed by atoms with van der Waals surface area (Å²) in [6.45, 7) is 4.06. The molecule has 0 fully saturated rings. The molecular weight excluding hydrogens is 528 g/mol. The summed E-state index contributed by atoms with van der Waals surface area (Å²) in [5.74, 6) is -1.15. The lowest BCUT2D eigenvalue weighted by atomic mass is 10.0. The lowest BCUT2D eigenvalue weighted by Crippen LogP contribution is -2.18. The fourth-order valence-corrected chi connectivity index (χ4v) is 4.97. The van der Waals surface area contributed by atoms with Gasteiger partial charge in [0.05, 0.1) is 22.4 Å². The summed E-state index contributed by atoms with van der Waals surface area (Å²) in [6.07, 6.45) is -2.73. The van der Waals surface area contributed by atoms with Gasteiger partial charge in [-0.05, 0) is 47.0 Å². The minimum atomic E-state index is -2.80. The molecule has 4 aromatic rings. The number of pyridine rings is 1. The van der Waals surface area contributed by atoms with Crippen LogP contribution in [-0.2, 0) is 11.3 Å². The van der Waals surface area contributed by atoms with Crippen molar-refractivity contribution in [3.05, 3.63) is 62.8 Å². The normalized spacial score (nSPS) is 11.4. The summed E-state index contributed by atoms with van der Waals surface area (Å²) in [5.41, 5.74) is 8.11. The molecule has 1 aromatic carbocycles. The van der Waals surface area contributed by atoms with Crippen LogP contribution in [0, 0.1) is 13.8 Å². The number of amides is 2. The Morgan fingerprint density at radius 1 is 1.24 bits per heavy atom. The number of hydrogen-bond acceptors (Lipinski definition) is 5. The number of halogens is 3. The van der Waals surface area contributed by atoms with Crippen LogP contribution in [0.4, 0.5) is 14.5 Å². The summed E-state index contributed by atoms with van der Waals surface area (Å²) in [4.78, 5) is 29.4. The summed E-state index contributed by atoms with van der Waals surface area (Å²) in [7, 11) is 0. The molecule has 2 amide bonds. The number of nitrogens with one attached hydrogen (secondary N) is 1. The van der Waals surface area contributed by atoms with Gasteiger partial charge >= 0.3 is 0 Å². The average molecular weight is 548 g/mol. The van der Waals surface area contributed by atoms with Crippen LogP contribution in [0.1, 0.15) is 39.6 Å². The third-order valence-corrected chi connectivity index (χ3v) is 7.57. The molecule has 0 aliphatic heterocycles. The predicted octanol–water partition coefficient (Wildman–Crippen LogP) is 5.60. The number of nitrogens with two attached hydrogens (primary N) is 1. The van der Waals surface area contributed by atoms with E-state index in [0.717, 1.165) is 27.2 Å². The van der Waals surface area contributed by atoms with Gasteiger partial charge in [-0.25, -0.2) is 13.8 Å². The van der Waals surface area contributed by atoms with Crippen molar-refractivity contribution in [1.29, 1.82) is 0 Å². The minimum Gasteiger partial charge on any atom is -0.365 e. The van der Waals surface area contributed by atoms with Crippen molar-refractivity contribution in [3.8, 4) is 11.1 Å². The Balaban J connectivity index is 1.76. The molecule has 0 aliphatic carbocycles. The van der Waals surface area contributed by atoms with Gasteiger partial charge in [0.1, 0.15) is 15.4 Å². The van der Waals surface area contributed by atoms with Gasteiger partial charge in [0.15, 0.2) is 0 Å². The molecule has 0 saturated carbocycles. The van der Waals surface area contributed by atoms with Crippen molar-refractivity contribution < 1.29 is 18.4 Å².